The van der Waals surface area contributed by atoms with Crippen LogP contribution >= 0.6 is 27.5 Å². The number of hydrogen-bond donors (Lipinski definition) is 2. The number of ether oxygens (including phenoxy) is 1. The Hall–Kier alpha value is -1.14. The van der Waals surface area contributed by atoms with Crippen molar-refractivity contribution in [1.82, 2.24) is 5.32 Å². The molecule has 1 fully saturated rings. The van der Waals surface area contributed by atoms with Crippen molar-refractivity contribution in [1.29, 1.82) is 0 Å². The Morgan fingerprint density at radius 1 is 1.33 bits per heavy atom. The van der Waals surface area contributed by atoms with Crippen LogP contribution in [-0.4, -0.2) is 23.8 Å². The van der Waals surface area contributed by atoms with Crippen LogP contribution in [0.2, 0.25) is 5.02 Å². The summed E-state index contributed by atoms with van der Waals surface area (Å²) in [5.41, 5.74) is 1.16. The lowest BCUT2D eigenvalue weighted by Gasteiger charge is -2.35. The highest BCUT2D eigenvalue weighted by molar-refractivity contribution is 9.10. The molecule has 1 saturated heterocycles. The maximum absolute atomic E-state index is 14.0. The van der Waals surface area contributed by atoms with Crippen molar-refractivity contribution in [3.05, 3.63) is 62.8 Å². The Balaban J connectivity index is 1.83. The van der Waals surface area contributed by atoms with Gasteiger partial charge in [0.1, 0.15) is 11.6 Å². The first kappa shape index (κ1) is 16.3. The van der Waals surface area contributed by atoms with E-state index in [1.807, 2.05) is 30.3 Å². The highest BCUT2D eigenvalue weighted by Crippen LogP contribution is 2.49. The minimum Gasteiger partial charge on any atom is -0.480 e. The Kier molecular flexibility index (Phi) is 4.07. The fourth-order valence-electron chi connectivity index (χ4n) is 3.71. The predicted molar refractivity (Wildman–Crippen MR) is 94.0 cm³/mol. The van der Waals surface area contributed by atoms with Crippen LogP contribution in [0.15, 0.2) is 40.9 Å². The maximum Gasteiger partial charge on any atom is 0.153 e. The van der Waals surface area contributed by atoms with Crippen molar-refractivity contribution < 1.29 is 14.2 Å². The summed E-state index contributed by atoms with van der Waals surface area (Å²) in [4.78, 5) is 0. The minimum atomic E-state index is -0.694. The molecular weight excluding hydrogens is 397 g/mol. The van der Waals surface area contributed by atoms with Crippen molar-refractivity contribution in [2.75, 3.05) is 6.54 Å². The van der Waals surface area contributed by atoms with Crippen molar-refractivity contribution in [2.45, 2.75) is 30.6 Å². The molecule has 126 valence electrons. The van der Waals surface area contributed by atoms with Gasteiger partial charge in [0, 0.05) is 29.1 Å². The van der Waals surface area contributed by atoms with E-state index in [1.54, 1.807) is 0 Å². The van der Waals surface area contributed by atoms with E-state index in [2.05, 4.69) is 21.2 Å². The lowest BCUT2D eigenvalue weighted by atomic mass is 9.81. The number of aliphatic hydroxyl groups is 1. The molecule has 0 radical (unpaired) electrons. The standard InChI is InChI=1S/C18H16BrClFNO2/c19-16-12-8-18(10-4-2-1-3-5-10,15-6-11(23)9-22-15)24-14(12)7-13(21)17(16)20/h1-5,7,11,15,22-23H,6,8-9H2/t11?,15?,18-/m0/s1. The molecule has 0 aliphatic carbocycles. The van der Waals surface area contributed by atoms with Crippen molar-refractivity contribution >= 4 is 27.5 Å². The summed E-state index contributed by atoms with van der Waals surface area (Å²) >= 11 is 9.46. The minimum absolute atomic E-state index is 0.0700. The summed E-state index contributed by atoms with van der Waals surface area (Å²) in [6.45, 7) is 0.523. The predicted octanol–water partition coefficient (Wildman–Crippen LogP) is 3.79. The van der Waals surface area contributed by atoms with Gasteiger partial charge in [-0.05, 0) is 27.9 Å². The number of benzene rings is 2. The molecule has 0 saturated carbocycles. The van der Waals surface area contributed by atoms with E-state index in [1.165, 1.54) is 6.07 Å². The Morgan fingerprint density at radius 2 is 2.08 bits per heavy atom. The SMILES string of the molecule is OC1CNC([C@@]2(c3ccccc3)Cc3c(cc(F)c(Cl)c3Br)O2)C1. The van der Waals surface area contributed by atoms with Crippen molar-refractivity contribution in [3.8, 4) is 5.75 Å². The zero-order valence-electron chi connectivity index (χ0n) is 12.7. The van der Waals surface area contributed by atoms with Gasteiger partial charge in [0.25, 0.3) is 0 Å². The van der Waals surface area contributed by atoms with Gasteiger partial charge in [-0.15, -0.1) is 0 Å². The molecule has 0 aromatic heterocycles. The van der Waals surface area contributed by atoms with Crippen molar-refractivity contribution in [2.24, 2.45) is 0 Å². The smallest absolute Gasteiger partial charge is 0.153 e. The Labute approximate surface area is 152 Å². The third-order valence-corrected chi connectivity index (χ3v) is 6.36. The van der Waals surface area contributed by atoms with Crippen molar-refractivity contribution in [3.63, 3.8) is 0 Å². The van der Waals surface area contributed by atoms with Gasteiger partial charge < -0.3 is 15.2 Å². The monoisotopic (exact) mass is 411 g/mol. The van der Waals surface area contributed by atoms with Crippen LogP contribution < -0.4 is 10.1 Å². The first-order valence-electron chi connectivity index (χ1n) is 7.83. The largest absolute Gasteiger partial charge is 0.480 e. The average Bonchev–Trinajstić information content (AvgIpc) is 3.18. The third kappa shape index (κ3) is 2.46. The molecule has 3 nitrogen and oxygen atoms in total. The molecule has 2 heterocycles. The van der Waals surface area contributed by atoms with Gasteiger partial charge in [-0.1, -0.05) is 41.9 Å². The van der Waals surface area contributed by atoms with Crippen LogP contribution in [0, 0.1) is 5.82 Å². The lowest BCUT2D eigenvalue weighted by molar-refractivity contribution is 0.0486. The number of halogens is 3. The highest BCUT2D eigenvalue weighted by atomic mass is 79.9. The zero-order chi connectivity index (χ0) is 16.9. The summed E-state index contributed by atoms with van der Waals surface area (Å²) in [7, 11) is 0. The topological polar surface area (TPSA) is 41.5 Å². The van der Waals surface area contributed by atoms with Crippen LogP contribution in [-0.2, 0) is 12.0 Å². The fourth-order valence-corrected chi connectivity index (χ4v) is 4.40. The number of aliphatic hydroxyl groups excluding tert-OH is 1. The van der Waals surface area contributed by atoms with Gasteiger partial charge in [0.2, 0.25) is 0 Å². The molecule has 6 heteroatoms. The van der Waals surface area contributed by atoms with Gasteiger partial charge in [-0.25, -0.2) is 4.39 Å². The van der Waals surface area contributed by atoms with Gasteiger partial charge in [0.05, 0.1) is 17.2 Å². The molecule has 2 aliphatic heterocycles. The van der Waals surface area contributed by atoms with E-state index in [9.17, 15) is 9.50 Å². The second kappa shape index (κ2) is 5.99. The van der Waals surface area contributed by atoms with Gasteiger partial charge in [0.15, 0.2) is 5.60 Å². The number of β-amino-alcohol motifs (C(OH)–C–C–N with tert-alkyl or cyclic N) is 1. The molecule has 2 unspecified atom stereocenters. The molecule has 0 bridgehead atoms. The van der Waals surface area contributed by atoms with Crippen LogP contribution in [0.3, 0.4) is 0 Å². The van der Waals surface area contributed by atoms with E-state index in [0.29, 0.717) is 29.6 Å². The third-order valence-electron chi connectivity index (χ3n) is 4.89. The first-order valence-corrected chi connectivity index (χ1v) is 9.01. The van der Waals surface area contributed by atoms with Crippen LogP contribution in [0.4, 0.5) is 4.39 Å². The quantitative estimate of drug-likeness (QED) is 0.737. The van der Waals surface area contributed by atoms with Gasteiger partial charge >= 0.3 is 0 Å². The Morgan fingerprint density at radius 3 is 2.75 bits per heavy atom. The summed E-state index contributed by atoms with van der Waals surface area (Å²) in [6, 6.07) is 11.1. The van der Waals surface area contributed by atoms with Gasteiger partial charge in [-0.2, -0.15) is 0 Å². The van der Waals surface area contributed by atoms with E-state index < -0.39 is 17.5 Å². The Bertz CT molecular complexity index is 788. The summed E-state index contributed by atoms with van der Waals surface area (Å²) in [6.07, 6.45) is 0.722. The molecule has 2 aliphatic rings. The second-order valence-electron chi connectivity index (χ2n) is 6.35. The average molecular weight is 413 g/mol. The number of rotatable bonds is 2. The molecular formula is C18H16BrClFNO2. The lowest BCUT2D eigenvalue weighted by Crippen LogP contribution is -2.48. The first-order chi connectivity index (χ1) is 11.5. The van der Waals surface area contributed by atoms with E-state index in [4.69, 9.17) is 16.3 Å². The maximum atomic E-state index is 14.0. The molecule has 2 aromatic rings. The molecule has 3 atom stereocenters. The van der Waals surface area contributed by atoms with E-state index in [-0.39, 0.29) is 11.1 Å². The van der Waals surface area contributed by atoms with E-state index >= 15 is 0 Å². The number of fused-ring (bicyclic) bond motifs is 1. The summed E-state index contributed by atoms with van der Waals surface area (Å²) in [5, 5.41) is 13.4. The zero-order valence-corrected chi connectivity index (χ0v) is 15.1. The molecule has 0 amide bonds. The van der Waals surface area contributed by atoms with E-state index in [0.717, 1.165) is 11.1 Å². The van der Waals surface area contributed by atoms with Gasteiger partial charge in [-0.3, -0.25) is 0 Å². The molecule has 4 rings (SSSR count). The molecule has 24 heavy (non-hydrogen) atoms. The number of nitrogens with one attached hydrogen (secondary N) is 1. The summed E-state index contributed by atoms with van der Waals surface area (Å²) in [5.74, 6) is -0.0126. The normalized spacial score (nSPS) is 28.7. The van der Waals surface area contributed by atoms with Crippen LogP contribution in [0.5, 0.6) is 5.75 Å². The van der Waals surface area contributed by atoms with Crippen LogP contribution in [0.25, 0.3) is 0 Å². The highest BCUT2D eigenvalue weighted by Gasteiger charge is 2.50. The number of hydrogen-bond acceptors (Lipinski definition) is 3. The summed E-state index contributed by atoms with van der Waals surface area (Å²) < 4.78 is 20.9. The fraction of sp³-hybridized carbons (Fsp3) is 0.333. The molecule has 0 spiro atoms. The van der Waals surface area contributed by atoms with Crippen LogP contribution in [0.1, 0.15) is 17.5 Å². The second-order valence-corrected chi connectivity index (χ2v) is 7.52. The molecule has 2 N–H and O–H groups in total. The molecule has 2 aromatic carbocycles.